The Kier molecular flexibility index (Phi) is 5.87. The summed E-state index contributed by atoms with van der Waals surface area (Å²) in [6.07, 6.45) is 0.943. The summed E-state index contributed by atoms with van der Waals surface area (Å²) in [6, 6.07) is 13.8. The number of fused-ring (bicyclic) bond motifs is 1. The van der Waals surface area contributed by atoms with Gasteiger partial charge in [0.2, 0.25) is 5.91 Å². The number of carbonyl (C=O) groups is 2. The average molecular weight is 395 g/mol. The summed E-state index contributed by atoms with van der Waals surface area (Å²) in [7, 11) is 0. The Balaban J connectivity index is 1.59. The summed E-state index contributed by atoms with van der Waals surface area (Å²) >= 11 is 0. The van der Waals surface area contributed by atoms with Crippen LogP contribution in [-0.4, -0.2) is 21.9 Å². The van der Waals surface area contributed by atoms with Crippen LogP contribution in [0.15, 0.2) is 57.7 Å². The van der Waals surface area contributed by atoms with Gasteiger partial charge in [-0.2, -0.15) is 0 Å². The third-order valence-electron chi connectivity index (χ3n) is 4.90. The largest absolute Gasteiger partial charge is 0.419 e. The van der Waals surface area contributed by atoms with Crippen molar-refractivity contribution in [3.05, 3.63) is 64.6 Å². The topological polar surface area (TPSA) is 93.3 Å². The Morgan fingerprint density at radius 3 is 2.45 bits per heavy atom. The van der Waals surface area contributed by atoms with Crippen LogP contribution >= 0.6 is 0 Å². The Morgan fingerprint density at radius 2 is 1.76 bits per heavy atom. The van der Waals surface area contributed by atoms with Crippen molar-refractivity contribution in [1.82, 2.24) is 9.88 Å². The predicted octanol–water partition coefficient (Wildman–Crippen LogP) is 3.54. The molecule has 2 amide bonds. The zero-order valence-corrected chi connectivity index (χ0v) is 16.8. The quantitative estimate of drug-likeness (QED) is 0.640. The molecule has 0 saturated heterocycles. The lowest BCUT2D eigenvalue weighted by Gasteiger charge is -2.24. The minimum Gasteiger partial charge on any atom is -0.408 e. The first-order valence-electron chi connectivity index (χ1n) is 9.60. The van der Waals surface area contributed by atoms with Gasteiger partial charge in [0.15, 0.2) is 5.58 Å². The number of nitrogens with one attached hydrogen (secondary N) is 2. The smallest absolute Gasteiger partial charge is 0.408 e. The number of nitrogens with zero attached hydrogens (tertiary/aromatic N) is 1. The first-order valence-corrected chi connectivity index (χ1v) is 9.60. The molecule has 1 heterocycles. The van der Waals surface area contributed by atoms with Crippen LogP contribution in [0.5, 0.6) is 0 Å². The SMILES string of the molecule is CCC(C)(C)NC(=O)c1ccc(NC(=O)CCn2c(=O)oc3ccccc32)cc1. The van der Waals surface area contributed by atoms with Gasteiger partial charge in [0.1, 0.15) is 0 Å². The normalized spacial score (nSPS) is 11.4. The molecule has 152 valence electrons. The molecule has 0 atom stereocenters. The molecule has 0 radical (unpaired) electrons. The van der Waals surface area contributed by atoms with Crippen LogP contribution in [0, 0.1) is 0 Å². The van der Waals surface area contributed by atoms with Crippen molar-refractivity contribution in [2.24, 2.45) is 0 Å². The maximum atomic E-state index is 12.3. The number of para-hydroxylation sites is 2. The molecule has 0 spiro atoms. The van der Waals surface area contributed by atoms with Gasteiger partial charge in [-0.15, -0.1) is 0 Å². The van der Waals surface area contributed by atoms with E-state index < -0.39 is 5.76 Å². The Bertz CT molecular complexity index is 1080. The van der Waals surface area contributed by atoms with Gasteiger partial charge in [-0.25, -0.2) is 4.79 Å². The number of hydrogen-bond acceptors (Lipinski definition) is 4. The van der Waals surface area contributed by atoms with E-state index in [1.807, 2.05) is 26.8 Å². The molecule has 29 heavy (non-hydrogen) atoms. The molecule has 2 N–H and O–H groups in total. The highest BCUT2D eigenvalue weighted by atomic mass is 16.4. The molecule has 1 aromatic heterocycles. The molecule has 2 aromatic carbocycles. The van der Waals surface area contributed by atoms with Crippen LogP contribution in [-0.2, 0) is 11.3 Å². The zero-order valence-electron chi connectivity index (χ0n) is 16.8. The lowest BCUT2D eigenvalue weighted by atomic mass is 10.0. The Hall–Kier alpha value is -3.35. The van der Waals surface area contributed by atoms with E-state index in [1.54, 1.807) is 42.5 Å². The van der Waals surface area contributed by atoms with Crippen molar-refractivity contribution in [1.29, 1.82) is 0 Å². The summed E-state index contributed by atoms with van der Waals surface area (Å²) in [4.78, 5) is 36.5. The van der Waals surface area contributed by atoms with Crippen LogP contribution in [0.3, 0.4) is 0 Å². The van der Waals surface area contributed by atoms with E-state index in [0.717, 1.165) is 6.42 Å². The van der Waals surface area contributed by atoms with Gasteiger partial charge in [-0.3, -0.25) is 14.2 Å². The van der Waals surface area contributed by atoms with Crippen molar-refractivity contribution in [3.63, 3.8) is 0 Å². The summed E-state index contributed by atoms with van der Waals surface area (Å²) in [5.41, 5.74) is 2.00. The van der Waals surface area contributed by atoms with Gasteiger partial charge < -0.3 is 15.1 Å². The summed E-state index contributed by atoms with van der Waals surface area (Å²) in [6.45, 7) is 6.16. The first kappa shape index (κ1) is 20.4. The van der Waals surface area contributed by atoms with E-state index in [4.69, 9.17) is 4.42 Å². The molecule has 0 aliphatic heterocycles. The number of aromatic nitrogens is 1. The second-order valence-corrected chi connectivity index (χ2v) is 7.55. The molecular formula is C22H25N3O4. The standard InChI is InChI=1S/C22H25N3O4/c1-4-22(2,3)24-20(27)15-9-11-16(12-10-15)23-19(26)13-14-25-17-7-5-6-8-18(17)29-21(25)28/h5-12H,4,13-14H2,1-3H3,(H,23,26)(H,24,27). The molecule has 0 saturated carbocycles. The highest BCUT2D eigenvalue weighted by Crippen LogP contribution is 2.14. The second-order valence-electron chi connectivity index (χ2n) is 7.55. The van der Waals surface area contributed by atoms with Gasteiger partial charge in [0.25, 0.3) is 5.91 Å². The molecule has 3 aromatic rings. The summed E-state index contributed by atoms with van der Waals surface area (Å²) < 4.78 is 6.61. The monoisotopic (exact) mass is 395 g/mol. The van der Waals surface area contributed by atoms with Gasteiger partial charge >= 0.3 is 5.76 Å². The van der Waals surface area contributed by atoms with E-state index >= 15 is 0 Å². The van der Waals surface area contributed by atoms with Crippen LogP contribution in [0.1, 0.15) is 44.0 Å². The van der Waals surface area contributed by atoms with Crippen LogP contribution in [0.2, 0.25) is 0 Å². The fraction of sp³-hybridized carbons (Fsp3) is 0.318. The summed E-state index contributed by atoms with van der Waals surface area (Å²) in [5, 5.41) is 5.75. The minimum atomic E-state index is -0.482. The van der Waals surface area contributed by atoms with Gasteiger partial charge in [0.05, 0.1) is 5.52 Å². The molecule has 0 bridgehead atoms. The van der Waals surface area contributed by atoms with Crippen molar-refractivity contribution < 1.29 is 14.0 Å². The van der Waals surface area contributed by atoms with E-state index in [0.29, 0.717) is 22.4 Å². The molecule has 0 aliphatic rings. The Morgan fingerprint density at radius 1 is 1.07 bits per heavy atom. The van der Waals surface area contributed by atoms with Crippen molar-refractivity contribution >= 4 is 28.6 Å². The van der Waals surface area contributed by atoms with Crippen LogP contribution in [0.25, 0.3) is 11.1 Å². The van der Waals surface area contributed by atoms with Gasteiger partial charge in [-0.05, 0) is 56.7 Å². The average Bonchev–Trinajstić information content (AvgIpc) is 3.01. The molecule has 3 rings (SSSR count). The van der Waals surface area contributed by atoms with Crippen molar-refractivity contribution in [2.45, 2.75) is 45.7 Å². The minimum absolute atomic E-state index is 0.121. The van der Waals surface area contributed by atoms with E-state index in [1.165, 1.54) is 4.57 Å². The number of carbonyl (C=O) groups excluding carboxylic acids is 2. The first-order chi connectivity index (χ1) is 13.8. The van der Waals surface area contributed by atoms with E-state index in [9.17, 15) is 14.4 Å². The maximum absolute atomic E-state index is 12.3. The molecule has 0 unspecified atom stereocenters. The number of rotatable bonds is 7. The molecule has 0 aliphatic carbocycles. The number of hydrogen-bond donors (Lipinski definition) is 2. The number of benzene rings is 2. The van der Waals surface area contributed by atoms with E-state index in [2.05, 4.69) is 10.6 Å². The Labute approximate surface area is 168 Å². The van der Waals surface area contributed by atoms with Gasteiger partial charge in [-0.1, -0.05) is 19.1 Å². The zero-order chi connectivity index (χ0) is 21.0. The molecule has 7 nitrogen and oxygen atoms in total. The third kappa shape index (κ3) is 4.93. The number of amides is 2. The van der Waals surface area contributed by atoms with Crippen molar-refractivity contribution in [3.8, 4) is 0 Å². The number of oxazole rings is 1. The molecule has 7 heteroatoms. The lowest BCUT2D eigenvalue weighted by Crippen LogP contribution is -2.42. The van der Waals surface area contributed by atoms with Crippen LogP contribution < -0.4 is 16.4 Å². The van der Waals surface area contributed by atoms with Crippen LogP contribution in [0.4, 0.5) is 5.69 Å². The van der Waals surface area contributed by atoms with Crippen molar-refractivity contribution in [2.75, 3.05) is 5.32 Å². The predicted molar refractivity (Wildman–Crippen MR) is 112 cm³/mol. The van der Waals surface area contributed by atoms with E-state index in [-0.39, 0.29) is 30.3 Å². The second kappa shape index (κ2) is 8.34. The third-order valence-corrected chi connectivity index (χ3v) is 4.90. The fourth-order valence-corrected chi connectivity index (χ4v) is 2.84. The maximum Gasteiger partial charge on any atom is 0.419 e. The highest BCUT2D eigenvalue weighted by Gasteiger charge is 2.18. The highest BCUT2D eigenvalue weighted by molar-refractivity contribution is 5.96. The molecule has 0 fully saturated rings. The molecular weight excluding hydrogens is 370 g/mol. The number of aryl methyl sites for hydroxylation is 1. The fourth-order valence-electron chi connectivity index (χ4n) is 2.84. The lowest BCUT2D eigenvalue weighted by molar-refractivity contribution is -0.116. The summed E-state index contributed by atoms with van der Waals surface area (Å²) in [5.74, 6) is -0.864. The number of anilines is 1. The van der Waals surface area contributed by atoms with Gasteiger partial charge in [0, 0.05) is 29.8 Å².